The predicted octanol–water partition coefficient (Wildman–Crippen LogP) is 1.47. The zero-order chi connectivity index (χ0) is 28.6. The molecular formula is C8H20Ca2O24. The normalized spacial score (nSPS) is 5.65. The summed E-state index contributed by atoms with van der Waals surface area (Å²) in [5.41, 5.74) is 0. The largest absolute Gasteiger partial charge is 2.00 e. The molecule has 0 aromatic rings. The van der Waals surface area contributed by atoms with Crippen LogP contribution < -0.4 is 0 Å². The van der Waals surface area contributed by atoms with Crippen molar-refractivity contribution >= 4 is 125 Å². The van der Waals surface area contributed by atoms with Crippen molar-refractivity contribution in [3.63, 3.8) is 0 Å². The molecule has 200 valence electrons. The zero-order valence-corrected chi connectivity index (χ0v) is 20.3. The summed E-state index contributed by atoms with van der Waals surface area (Å²) in [6.07, 6.45) is -14.7. The van der Waals surface area contributed by atoms with Gasteiger partial charge < -0.3 is 87.4 Å². The Morgan fingerprint density at radius 1 is 0.235 bits per heavy atom. The molecule has 0 unspecified atom stereocenters. The monoisotopic (exact) mass is 580 g/mol. The Bertz CT molecular complexity index is 384. The zero-order valence-electron chi connectivity index (χ0n) is 19.8. The molecule has 0 saturated heterocycles. The predicted molar refractivity (Wildman–Crippen MR) is 101 cm³/mol. The van der Waals surface area contributed by atoms with Gasteiger partial charge >= 0.3 is 125 Å². The van der Waals surface area contributed by atoms with Crippen LogP contribution in [0.4, 0.5) is 38.4 Å². The van der Waals surface area contributed by atoms with Gasteiger partial charge in [-0.25, -0.2) is 38.4 Å². The molecule has 0 aliphatic carbocycles. The summed E-state index contributed by atoms with van der Waals surface area (Å²) < 4.78 is 0. The summed E-state index contributed by atoms with van der Waals surface area (Å²) in [7, 11) is 0. The van der Waals surface area contributed by atoms with Crippen LogP contribution >= 0.6 is 0 Å². The second-order valence-corrected chi connectivity index (χ2v) is 2.26. The van der Waals surface area contributed by atoms with Gasteiger partial charge in [0.2, 0.25) is 0 Å². The molecule has 0 radical (unpaired) electrons. The van der Waals surface area contributed by atoms with E-state index < -0.39 is 49.2 Å². The van der Waals surface area contributed by atoms with Gasteiger partial charge in [0, 0.05) is 0 Å². The van der Waals surface area contributed by atoms with Crippen LogP contribution in [0.5, 0.6) is 0 Å². The van der Waals surface area contributed by atoms with Gasteiger partial charge in [0.1, 0.15) is 0 Å². The Hall–Kier alpha value is -3.32. The number of carbonyl (C=O) groups is 8. The van der Waals surface area contributed by atoms with Gasteiger partial charge in [-0.05, 0) is 0 Å². The quantitative estimate of drug-likeness (QED) is 0.180. The number of rotatable bonds is 0. The first-order valence-corrected chi connectivity index (χ1v) is 5.21. The summed E-state index contributed by atoms with van der Waals surface area (Å²) in [4.78, 5) is 68.4. The summed E-state index contributed by atoms with van der Waals surface area (Å²) in [5, 5.41) is 112. The van der Waals surface area contributed by atoms with E-state index in [4.69, 9.17) is 120 Å². The average molecular weight is 580 g/mol. The Labute approximate surface area is 249 Å². The minimum absolute atomic E-state index is 0. The molecule has 0 spiro atoms. The van der Waals surface area contributed by atoms with Crippen LogP contribution in [0, 0.1) is 0 Å². The average Bonchev–Trinajstić information content (AvgIpc) is 2.30. The van der Waals surface area contributed by atoms with E-state index in [1.807, 2.05) is 0 Å². The van der Waals surface area contributed by atoms with Crippen molar-refractivity contribution in [3.8, 4) is 0 Å². The summed E-state index contributed by atoms with van der Waals surface area (Å²) >= 11 is 0. The van der Waals surface area contributed by atoms with Crippen molar-refractivity contribution in [2.75, 3.05) is 0 Å². The summed E-state index contributed by atoms with van der Waals surface area (Å²) in [5.74, 6) is 0. The fourth-order valence-corrected chi connectivity index (χ4v) is 0. The van der Waals surface area contributed by atoms with E-state index in [-0.39, 0.29) is 81.2 Å². The van der Waals surface area contributed by atoms with Crippen LogP contribution in [0.25, 0.3) is 0 Å². The Morgan fingerprint density at radius 3 is 0.235 bits per heavy atom. The molecular weight excluding hydrogens is 560 g/mol. The molecule has 0 rings (SSSR count). The molecule has 0 bridgehead atoms. The van der Waals surface area contributed by atoms with Gasteiger partial charge in [-0.15, -0.1) is 0 Å². The van der Waals surface area contributed by atoms with Gasteiger partial charge in [-0.3, -0.25) is 0 Å². The second-order valence-electron chi connectivity index (χ2n) is 2.26. The van der Waals surface area contributed by atoms with E-state index in [1.165, 1.54) is 0 Å². The third kappa shape index (κ3) is 1990. The molecule has 26 heteroatoms. The topological polar surface area (TPSA) is 460 Å². The Kier molecular flexibility index (Phi) is 106. The van der Waals surface area contributed by atoms with Crippen molar-refractivity contribution in [1.82, 2.24) is 0 Å². The van der Waals surface area contributed by atoms with Crippen molar-refractivity contribution in [3.05, 3.63) is 0 Å². The Balaban J connectivity index is -0.0000000141. The van der Waals surface area contributed by atoms with Crippen LogP contribution in [0.2, 0.25) is 0 Å². The van der Waals surface area contributed by atoms with Gasteiger partial charge in [0.25, 0.3) is 0 Å². The fraction of sp³-hybridized carbons (Fsp3) is 0. The minimum atomic E-state index is -1.83. The fourth-order valence-electron chi connectivity index (χ4n) is 0. The molecule has 0 fully saturated rings. The minimum Gasteiger partial charge on any atom is -1.00 e. The maximum absolute atomic E-state index is 8.56. The SMILES string of the molecule is O=C(O)O.O=C(O)O.O=C(O)O.O=C(O)O.O=C(O)O.O=C(O)O.O=C(O)O.O=C(O)O.[Ca+2].[Ca+2].[H-].[H-].[H-].[H-]. The molecule has 0 saturated carbocycles. The third-order valence-electron chi connectivity index (χ3n) is 0. The first-order chi connectivity index (χ1) is 13.9. The van der Waals surface area contributed by atoms with E-state index in [0.717, 1.165) is 0 Å². The summed E-state index contributed by atoms with van der Waals surface area (Å²) in [6.45, 7) is 0. The Morgan fingerprint density at radius 2 is 0.235 bits per heavy atom. The second kappa shape index (κ2) is 57.1. The molecule has 34 heavy (non-hydrogen) atoms. The standard InChI is InChI=1S/8CH2O3.2Ca.4H/c8*2-1(3)4;;;;;;/h8*(H2,2,3,4);;;;;;/q;;;;;;;;2*+2;4*-1. The van der Waals surface area contributed by atoms with Gasteiger partial charge in [0.05, 0.1) is 0 Å². The first kappa shape index (κ1) is 63.2. The van der Waals surface area contributed by atoms with Crippen LogP contribution in [0.15, 0.2) is 0 Å². The van der Waals surface area contributed by atoms with E-state index >= 15 is 0 Å². The molecule has 0 aromatic heterocycles. The molecule has 0 atom stereocenters. The molecule has 0 heterocycles. The van der Waals surface area contributed by atoms with Crippen LogP contribution in [0.1, 0.15) is 5.71 Å². The smallest absolute Gasteiger partial charge is 1.00 e. The van der Waals surface area contributed by atoms with Gasteiger partial charge in [-0.1, -0.05) is 0 Å². The number of hydrogen-bond acceptors (Lipinski definition) is 8. The van der Waals surface area contributed by atoms with Crippen molar-refractivity contribution in [2.24, 2.45) is 0 Å². The first-order valence-electron chi connectivity index (χ1n) is 5.21. The molecule has 0 aliphatic heterocycles. The number of hydrogen-bond donors (Lipinski definition) is 16. The van der Waals surface area contributed by atoms with E-state index in [2.05, 4.69) is 0 Å². The maximum Gasteiger partial charge on any atom is 2.00 e. The van der Waals surface area contributed by atoms with E-state index in [9.17, 15) is 0 Å². The van der Waals surface area contributed by atoms with Crippen molar-refractivity contribution < 1.29 is 126 Å². The van der Waals surface area contributed by atoms with Crippen LogP contribution in [0.3, 0.4) is 0 Å². The van der Waals surface area contributed by atoms with Crippen LogP contribution in [-0.4, -0.2) is 206 Å². The number of carboxylic acid groups (broad SMARTS) is 16. The van der Waals surface area contributed by atoms with E-state index in [1.54, 1.807) is 0 Å². The van der Waals surface area contributed by atoms with E-state index in [0.29, 0.717) is 0 Å². The third-order valence-corrected chi connectivity index (χ3v) is 0. The van der Waals surface area contributed by atoms with Gasteiger partial charge in [-0.2, -0.15) is 0 Å². The molecule has 24 nitrogen and oxygen atoms in total. The molecule has 0 amide bonds. The summed E-state index contributed by atoms with van der Waals surface area (Å²) in [6, 6.07) is 0. The molecule has 16 N–H and O–H groups in total. The molecule has 0 aliphatic rings. The van der Waals surface area contributed by atoms with Crippen molar-refractivity contribution in [1.29, 1.82) is 0 Å². The van der Waals surface area contributed by atoms with Gasteiger partial charge in [0.15, 0.2) is 0 Å². The van der Waals surface area contributed by atoms with Crippen LogP contribution in [-0.2, 0) is 0 Å². The molecule has 0 aromatic carbocycles. The van der Waals surface area contributed by atoms with Crippen molar-refractivity contribution in [2.45, 2.75) is 0 Å². The maximum atomic E-state index is 8.56.